The van der Waals surface area contributed by atoms with Crippen LogP contribution in [0.15, 0.2) is 43.1 Å². The van der Waals surface area contributed by atoms with E-state index in [9.17, 15) is 0 Å². The van der Waals surface area contributed by atoms with Gasteiger partial charge >= 0.3 is 0 Å². The van der Waals surface area contributed by atoms with Crippen molar-refractivity contribution in [3.05, 3.63) is 54.4 Å². The molecule has 2 rings (SSSR count). The normalized spacial score (nSPS) is 8.71. The van der Waals surface area contributed by atoms with E-state index in [-0.39, 0.29) is 0 Å². The predicted octanol–water partition coefficient (Wildman–Crippen LogP) is 2.18. The minimum absolute atomic E-state index is 0.961. The maximum Gasteiger partial charge on any atom is 0.0555 e. The Morgan fingerprint density at radius 2 is 1.71 bits per heavy atom. The number of pyridine rings is 1. The molecule has 0 saturated carbocycles. The molecule has 0 fully saturated rings. The SMILES string of the molecule is Cc1cccnc1.Cc1cnccn1. The zero-order valence-electron chi connectivity index (χ0n) is 8.38. The van der Waals surface area contributed by atoms with Gasteiger partial charge in [0, 0.05) is 31.0 Å². The van der Waals surface area contributed by atoms with E-state index in [1.54, 1.807) is 24.8 Å². The van der Waals surface area contributed by atoms with Crippen LogP contribution in [0.3, 0.4) is 0 Å². The minimum atomic E-state index is 0.961. The Morgan fingerprint density at radius 1 is 0.929 bits per heavy atom. The molecule has 0 amide bonds. The van der Waals surface area contributed by atoms with Crippen LogP contribution < -0.4 is 0 Å². The fourth-order valence-electron chi connectivity index (χ4n) is 0.822. The van der Waals surface area contributed by atoms with Crippen LogP contribution in [0.4, 0.5) is 0 Å². The first kappa shape index (κ1) is 10.3. The second kappa shape index (κ2) is 5.80. The second-order valence-corrected chi connectivity index (χ2v) is 2.88. The lowest BCUT2D eigenvalue weighted by Gasteiger charge is -1.82. The van der Waals surface area contributed by atoms with E-state index in [1.807, 2.05) is 32.2 Å². The molecule has 0 aromatic carbocycles. The number of aryl methyl sites for hydroxylation is 2. The van der Waals surface area contributed by atoms with Crippen molar-refractivity contribution >= 4 is 0 Å². The van der Waals surface area contributed by atoms with E-state index in [4.69, 9.17) is 0 Å². The Morgan fingerprint density at radius 3 is 2.00 bits per heavy atom. The quantitative estimate of drug-likeness (QED) is 0.634. The van der Waals surface area contributed by atoms with Gasteiger partial charge in [-0.1, -0.05) is 6.07 Å². The Labute approximate surface area is 83.9 Å². The molecule has 0 N–H and O–H groups in total. The smallest absolute Gasteiger partial charge is 0.0555 e. The van der Waals surface area contributed by atoms with Crippen molar-refractivity contribution in [1.29, 1.82) is 0 Å². The van der Waals surface area contributed by atoms with Crippen molar-refractivity contribution < 1.29 is 0 Å². The monoisotopic (exact) mass is 187 g/mol. The lowest BCUT2D eigenvalue weighted by atomic mass is 10.3. The van der Waals surface area contributed by atoms with Gasteiger partial charge in [0.2, 0.25) is 0 Å². The fourth-order valence-corrected chi connectivity index (χ4v) is 0.822. The summed E-state index contributed by atoms with van der Waals surface area (Å²) in [4.78, 5) is 11.6. The molecular weight excluding hydrogens is 174 g/mol. The van der Waals surface area contributed by atoms with Gasteiger partial charge in [-0.2, -0.15) is 0 Å². The highest BCUT2D eigenvalue weighted by molar-refractivity contribution is 5.04. The van der Waals surface area contributed by atoms with E-state index in [0.717, 1.165) is 5.69 Å². The first-order chi connectivity index (χ1) is 6.79. The third-order valence-electron chi connectivity index (χ3n) is 1.50. The Kier molecular flexibility index (Phi) is 4.27. The molecule has 0 spiro atoms. The van der Waals surface area contributed by atoms with Crippen LogP contribution in [-0.4, -0.2) is 15.0 Å². The van der Waals surface area contributed by atoms with E-state index in [0.29, 0.717) is 0 Å². The summed E-state index contributed by atoms with van der Waals surface area (Å²) in [7, 11) is 0. The lowest BCUT2D eigenvalue weighted by molar-refractivity contribution is 1.12. The number of aromatic nitrogens is 3. The van der Waals surface area contributed by atoms with Crippen molar-refractivity contribution in [2.75, 3.05) is 0 Å². The summed E-state index contributed by atoms with van der Waals surface area (Å²) in [6.07, 6.45) is 8.66. The molecule has 14 heavy (non-hydrogen) atoms. The van der Waals surface area contributed by atoms with Crippen molar-refractivity contribution in [3.8, 4) is 0 Å². The number of hydrogen-bond donors (Lipinski definition) is 0. The summed E-state index contributed by atoms with van der Waals surface area (Å²) in [6.45, 7) is 3.93. The lowest BCUT2D eigenvalue weighted by Crippen LogP contribution is -1.77. The zero-order chi connectivity index (χ0) is 10.2. The number of nitrogens with zero attached hydrogens (tertiary/aromatic N) is 3. The van der Waals surface area contributed by atoms with Crippen LogP contribution in [0, 0.1) is 13.8 Å². The molecule has 0 unspecified atom stereocenters. The van der Waals surface area contributed by atoms with Crippen molar-refractivity contribution in [2.24, 2.45) is 0 Å². The van der Waals surface area contributed by atoms with Gasteiger partial charge in [0.1, 0.15) is 0 Å². The second-order valence-electron chi connectivity index (χ2n) is 2.88. The third-order valence-corrected chi connectivity index (χ3v) is 1.50. The molecule has 2 aromatic rings. The Hall–Kier alpha value is -1.77. The van der Waals surface area contributed by atoms with Gasteiger partial charge < -0.3 is 0 Å². The molecule has 0 atom stereocenters. The van der Waals surface area contributed by atoms with Crippen LogP contribution in [0.1, 0.15) is 11.3 Å². The molecular formula is C11H13N3. The highest BCUT2D eigenvalue weighted by Gasteiger charge is 1.74. The van der Waals surface area contributed by atoms with Crippen LogP contribution in [-0.2, 0) is 0 Å². The van der Waals surface area contributed by atoms with Crippen LogP contribution in [0.2, 0.25) is 0 Å². The summed E-state index contributed by atoms with van der Waals surface area (Å²) >= 11 is 0. The average molecular weight is 187 g/mol. The number of hydrogen-bond acceptors (Lipinski definition) is 3. The maximum atomic E-state index is 3.92. The van der Waals surface area contributed by atoms with Gasteiger partial charge in [-0.15, -0.1) is 0 Å². The summed E-state index contributed by atoms with van der Waals surface area (Å²) in [5.41, 5.74) is 2.17. The average Bonchev–Trinajstić information content (AvgIpc) is 2.21. The summed E-state index contributed by atoms with van der Waals surface area (Å²) in [6, 6.07) is 3.95. The summed E-state index contributed by atoms with van der Waals surface area (Å²) < 4.78 is 0. The molecule has 0 aliphatic rings. The zero-order valence-corrected chi connectivity index (χ0v) is 8.38. The third kappa shape index (κ3) is 4.30. The number of rotatable bonds is 0. The highest BCUT2D eigenvalue weighted by Crippen LogP contribution is 1.88. The fraction of sp³-hybridized carbons (Fsp3) is 0.182. The van der Waals surface area contributed by atoms with Crippen molar-refractivity contribution in [3.63, 3.8) is 0 Å². The molecule has 0 aliphatic heterocycles. The molecule has 3 heteroatoms. The van der Waals surface area contributed by atoms with E-state index in [1.165, 1.54) is 5.56 Å². The minimum Gasteiger partial charge on any atom is -0.264 e. The molecule has 0 bridgehead atoms. The maximum absolute atomic E-state index is 3.92. The highest BCUT2D eigenvalue weighted by atomic mass is 14.7. The topological polar surface area (TPSA) is 38.7 Å². The predicted molar refractivity (Wildman–Crippen MR) is 55.7 cm³/mol. The van der Waals surface area contributed by atoms with Gasteiger partial charge in [-0.05, 0) is 25.5 Å². The van der Waals surface area contributed by atoms with Gasteiger partial charge in [0.15, 0.2) is 0 Å². The molecule has 2 heterocycles. The van der Waals surface area contributed by atoms with E-state index >= 15 is 0 Å². The summed E-state index contributed by atoms with van der Waals surface area (Å²) in [5, 5.41) is 0. The van der Waals surface area contributed by atoms with Gasteiger partial charge in [-0.25, -0.2) is 0 Å². The first-order valence-electron chi connectivity index (χ1n) is 4.38. The Balaban J connectivity index is 0.000000140. The standard InChI is InChI=1S/C6H7N.C5H6N2/c1-6-3-2-4-7-5-6;1-5-4-6-2-3-7-5/h2-5H,1H3;2-4H,1H3. The van der Waals surface area contributed by atoms with Gasteiger partial charge in [0.05, 0.1) is 5.69 Å². The van der Waals surface area contributed by atoms with Crippen molar-refractivity contribution in [2.45, 2.75) is 13.8 Å². The van der Waals surface area contributed by atoms with Crippen molar-refractivity contribution in [1.82, 2.24) is 15.0 Å². The van der Waals surface area contributed by atoms with Crippen LogP contribution in [0.25, 0.3) is 0 Å². The molecule has 72 valence electrons. The largest absolute Gasteiger partial charge is 0.264 e. The van der Waals surface area contributed by atoms with E-state index in [2.05, 4.69) is 15.0 Å². The molecule has 0 radical (unpaired) electrons. The van der Waals surface area contributed by atoms with E-state index < -0.39 is 0 Å². The molecule has 0 aliphatic carbocycles. The molecule has 2 aromatic heterocycles. The molecule has 3 nitrogen and oxygen atoms in total. The summed E-state index contributed by atoms with van der Waals surface area (Å²) in [5.74, 6) is 0. The van der Waals surface area contributed by atoms with Crippen LogP contribution >= 0.6 is 0 Å². The van der Waals surface area contributed by atoms with Gasteiger partial charge in [-0.3, -0.25) is 15.0 Å². The van der Waals surface area contributed by atoms with Crippen LogP contribution in [0.5, 0.6) is 0 Å². The first-order valence-corrected chi connectivity index (χ1v) is 4.38. The Bertz CT molecular complexity index is 308. The van der Waals surface area contributed by atoms with Gasteiger partial charge in [0.25, 0.3) is 0 Å². The molecule has 0 saturated heterocycles.